The molecule has 0 bridgehead atoms. The standard InChI is InChI=1S/C14H13BrN2O/c15-12-7-8-13(11-4-2-1-3-10(11)12)17-14(18)16-9-5-6-9/h1-4,7-9H,5-6H2,(H2,16,17,18). The van der Waals surface area contributed by atoms with Crippen LogP contribution in [0.2, 0.25) is 0 Å². The summed E-state index contributed by atoms with van der Waals surface area (Å²) >= 11 is 3.52. The number of anilines is 1. The maximum absolute atomic E-state index is 11.8. The molecule has 0 aromatic heterocycles. The van der Waals surface area contributed by atoms with Crippen LogP contribution in [0.5, 0.6) is 0 Å². The fourth-order valence-corrected chi connectivity index (χ4v) is 2.42. The summed E-state index contributed by atoms with van der Waals surface area (Å²) in [6.07, 6.45) is 2.18. The second-order valence-electron chi connectivity index (χ2n) is 4.51. The maximum Gasteiger partial charge on any atom is 0.319 e. The van der Waals surface area contributed by atoms with E-state index in [0.717, 1.165) is 33.8 Å². The van der Waals surface area contributed by atoms with Gasteiger partial charge in [-0.05, 0) is 30.4 Å². The molecule has 2 aromatic rings. The van der Waals surface area contributed by atoms with Crippen LogP contribution in [0.25, 0.3) is 10.8 Å². The van der Waals surface area contributed by atoms with Crippen molar-refractivity contribution in [3.63, 3.8) is 0 Å². The molecule has 0 atom stereocenters. The van der Waals surface area contributed by atoms with Crippen LogP contribution in [0, 0.1) is 0 Å². The van der Waals surface area contributed by atoms with Crippen LogP contribution in [0.15, 0.2) is 40.9 Å². The molecule has 0 saturated heterocycles. The number of benzene rings is 2. The molecular formula is C14H13BrN2O. The molecule has 2 aromatic carbocycles. The van der Waals surface area contributed by atoms with Gasteiger partial charge in [0.25, 0.3) is 0 Å². The lowest BCUT2D eigenvalue weighted by Crippen LogP contribution is -2.30. The summed E-state index contributed by atoms with van der Waals surface area (Å²) in [6.45, 7) is 0. The summed E-state index contributed by atoms with van der Waals surface area (Å²) in [5.74, 6) is 0. The molecule has 3 nitrogen and oxygen atoms in total. The quantitative estimate of drug-likeness (QED) is 0.868. The van der Waals surface area contributed by atoms with Crippen molar-refractivity contribution in [1.29, 1.82) is 0 Å². The van der Waals surface area contributed by atoms with E-state index in [1.54, 1.807) is 0 Å². The van der Waals surface area contributed by atoms with E-state index in [-0.39, 0.29) is 6.03 Å². The van der Waals surface area contributed by atoms with Gasteiger partial charge >= 0.3 is 6.03 Å². The Labute approximate surface area is 114 Å². The molecule has 2 N–H and O–H groups in total. The van der Waals surface area contributed by atoms with Crippen molar-refractivity contribution < 1.29 is 4.79 Å². The summed E-state index contributed by atoms with van der Waals surface area (Å²) in [4.78, 5) is 11.8. The van der Waals surface area contributed by atoms with E-state index < -0.39 is 0 Å². The summed E-state index contributed by atoms with van der Waals surface area (Å²) in [6, 6.07) is 12.1. The molecule has 2 amide bonds. The van der Waals surface area contributed by atoms with Crippen molar-refractivity contribution in [1.82, 2.24) is 5.32 Å². The van der Waals surface area contributed by atoms with Crippen LogP contribution >= 0.6 is 15.9 Å². The fraction of sp³-hybridized carbons (Fsp3) is 0.214. The van der Waals surface area contributed by atoms with Gasteiger partial charge in [0.05, 0.1) is 5.69 Å². The van der Waals surface area contributed by atoms with E-state index >= 15 is 0 Å². The normalized spacial score (nSPS) is 14.5. The Morgan fingerprint density at radius 2 is 1.83 bits per heavy atom. The topological polar surface area (TPSA) is 41.1 Å². The Kier molecular flexibility index (Phi) is 2.96. The molecule has 0 spiro atoms. The molecular weight excluding hydrogens is 292 g/mol. The van der Waals surface area contributed by atoms with Crippen LogP contribution in [0.3, 0.4) is 0 Å². The van der Waals surface area contributed by atoms with E-state index in [4.69, 9.17) is 0 Å². The van der Waals surface area contributed by atoms with E-state index in [9.17, 15) is 4.79 Å². The number of hydrogen-bond acceptors (Lipinski definition) is 1. The highest BCUT2D eigenvalue weighted by Crippen LogP contribution is 2.30. The third-order valence-corrected chi connectivity index (χ3v) is 3.72. The van der Waals surface area contributed by atoms with Gasteiger partial charge in [0, 0.05) is 15.9 Å². The first-order chi connectivity index (χ1) is 8.74. The highest BCUT2D eigenvalue weighted by molar-refractivity contribution is 9.10. The van der Waals surface area contributed by atoms with Crippen molar-refractivity contribution in [2.24, 2.45) is 0 Å². The molecule has 3 rings (SSSR count). The molecule has 1 aliphatic carbocycles. The SMILES string of the molecule is O=C(Nc1ccc(Br)c2ccccc12)NC1CC1. The molecule has 0 radical (unpaired) electrons. The van der Waals surface area contributed by atoms with Crippen LogP contribution in [-0.2, 0) is 0 Å². The zero-order chi connectivity index (χ0) is 12.5. The third kappa shape index (κ3) is 2.34. The number of carbonyl (C=O) groups is 1. The lowest BCUT2D eigenvalue weighted by Gasteiger charge is -2.10. The molecule has 18 heavy (non-hydrogen) atoms. The van der Waals surface area contributed by atoms with Gasteiger partial charge in [-0.3, -0.25) is 0 Å². The number of halogens is 1. The predicted molar refractivity (Wildman–Crippen MR) is 76.8 cm³/mol. The van der Waals surface area contributed by atoms with Gasteiger partial charge in [-0.2, -0.15) is 0 Å². The Bertz CT molecular complexity index is 608. The molecule has 4 heteroatoms. The average Bonchev–Trinajstić information content (AvgIpc) is 3.17. The van der Waals surface area contributed by atoms with Gasteiger partial charge in [0.2, 0.25) is 0 Å². The lowest BCUT2D eigenvalue weighted by atomic mass is 10.1. The summed E-state index contributed by atoms with van der Waals surface area (Å²) in [5.41, 5.74) is 0.840. The van der Waals surface area contributed by atoms with Gasteiger partial charge < -0.3 is 10.6 Å². The number of hydrogen-bond donors (Lipinski definition) is 2. The number of carbonyl (C=O) groups excluding carboxylic acids is 1. The Morgan fingerprint density at radius 3 is 2.56 bits per heavy atom. The second kappa shape index (κ2) is 4.61. The van der Waals surface area contributed by atoms with E-state index in [0.29, 0.717) is 6.04 Å². The van der Waals surface area contributed by atoms with Gasteiger partial charge in [-0.15, -0.1) is 0 Å². The van der Waals surface area contributed by atoms with E-state index in [1.807, 2.05) is 36.4 Å². The second-order valence-corrected chi connectivity index (χ2v) is 5.37. The van der Waals surface area contributed by atoms with Crippen LogP contribution in [-0.4, -0.2) is 12.1 Å². The van der Waals surface area contributed by atoms with Gasteiger partial charge in [-0.1, -0.05) is 40.2 Å². The minimum absolute atomic E-state index is 0.120. The summed E-state index contributed by atoms with van der Waals surface area (Å²) < 4.78 is 1.03. The van der Waals surface area contributed by atoms with Crippen molar-refractivity contribution in [2.75, 3.05) is 5.32 Å². The average molecular weight is 305 g/mol. The van der Waals surface area contributed by atoms with Gasteiger partial charge in [0.15, 0.2) is 0 Å². The zero-order valence-corrected chi connectivity index (χ0v) is 11.3. The number of amides is 2. The molecule has 1 saturated carbocycles. The Balaban J connectivity index is 1.91. The summed E-state index contributed by atoms with van der Waals surface area (Å²) in [7, 11) is 0. The van der Waals surface area contributed by atoms with Crippen molar-refractivity contribution in [3.8, 4) is 0 Å². The van der Waals surface area contributed by atoms with Crippen molar-refractivity contribution >= 4 is 38.4 Å². The lowest BCUT2D eigenvalue weighted by molar-refractivity contribution is 0.252. The number of fused-ring (bicyclic) bond motifs is 1. The zero-order valence-electron chi connectivity index (χ0n) is 9.74. The van der Waals surface area contributed by atoms with E-state index in [2.05, 4.69) is 26.6 Å². The minimum Gasteiger partial charge on any atom is -0.335 e. The highest BCUT2D eigenvalue weighted by Gasteiger charge is 2.23. The van der Waals surface area contributed by atoms with Gasteiger partial charge in [0.1, 0.15) is 0 Å². The third-order valence-electron chi connectivity index (χ3n) is 3.03. The first kappa shape index (κ1) is 11.5. The maximum atomic E-state index is 11.8. The number of urea groups is 1. The molecule has 0 unspecified atom stereocenters. The van der Waals surface area contributed by atoms with Crippen LogP contribution < -0.4 is 10.6 Å². The van der Waals surface area contributed by atoms with Crippen LogP contribution in [0.1, 0.15) is 12.8 Å². The van der Waals surface area contributed by atoms with Crippen molar-refractivity contribution in [3.05, 3.63) is 40.9 Å². The molecule has 0 aliphatic heterocycles. The largest absolute Gasteiger partial charge is 0.335 e. The summed E-state index contributed by atoms with van der Waals surface area (Å²) in [5, 5.41) is 7.97. The molecule has 92 valence electrons. The number of rotatable bonds is 2. The fourth-order valence-electron chi connectivity index (χ4n) is 1.94. The smallest absolute Gasteiger partial charge is 0.319 e. The van der Waals surface area contributed by atoms with E-state index in [1.165, 1.54) is 0 Å². The first-order valence-corrected chi connectivity index (χ1v) is 6.78. The minimum atomic E-state index is -0.120. The molecule has 0 heterocycles. The van der Waals surface area contributed by atoms with Gasteiger partial charge in [-0.25, -0.2) is 4.79 Å². The first-order valence-electron chi connectivity index (χ1n) is 5.99. The predicted octanol–water partition coefficient (Wildman–Crippen LogP) is 3.89. The van der Waals surface area contributed by atoms with Crippen molar-refractivity contribution in [2.45, 2.75) is 18.9 Å². The monoisotopic (exact) mass is 304 g/mol. The Morgan fingerprint density at radius 1 is 1.11 bits per heavy atom. The number of nitrogens with one attached hydrogen (secondary N) is 2. The highest BCUT2D eigenvalue weighted by atomic mass is 79.9. The molecule has 1 fully saturated rings. The molecule has 1 aliphatic rings. The Hall–Kier alpha value is -1.55. The van der Waals surface area contributed by atoms with Crippen LogP contribution in [0.4, 0.5) is 10.5 Å².